The van der Waals surface area contributed by atoms with E-state index in [1.165, 1.54) is 13.0 Å². The van der Waals surface area contributed by atoms with Gasteiger partial charge < -0.3 is 9.64 Å². The van der Waals surface area contributed by atoms with Gasteiger partial charge in [0.15, 0.2) is 0 Å². The molecule has 0 saturated carbocycles. The Morgan fingerprint density at radius 3 is 2.69 bits per heavy atom. The number of rotatable bonds is 0. The van der Waals surface area contributed by atoms with Crippen LogP contribution >= 0.6 is 0 Å². The molecule has 2 aliphatic rings. The van der Waals surface area contributed by atoms with E-state index in [2.05, 4.69) is 38.0 Å². The summed E-state index contributed by atoms with van der Waals surface area (Å²) in [7, 11) is 2.20. The maximum absolute atomic E-state index is 6.32. The largest absolute Gasteiger partial charge is 0.357 e. The normalized spacial score (nSPS) is 40.9. The van der Waals surface area contributed by atoms with Gasteiger partial charge in [0.25, 0.3) is 0 Å². The van der Waals surface area contributed by atoms with E-state index in [9.17, 15) is 0 Å². The average molecular weight is 226 g/mol. The molecule has 0 aromatic carbocycles. The van der Waals surface area contributed by atoms with Crippen molar-refractivity contribution in [1.29, 1.82) is 0 Å². The number of ether oxygens (including phenoxy) is 1. The van der Waals surface area contributed by atoms with E-state index in [1.54, 1.807) is 0 Å². The fourth-order valence-corrected chi connectivity index (χ4v) is 2.61. The summed E-state index contributed by atoms with van der Waals surface area (Å²) < 4.78 is 6.32. The molecule has 16 heavy (non-hydrogen) atoms. The van der Waals surface area contributed by atoms with Crippen LogP contribution in [-0.2, 0) is 4.74 Å². The predicted molar refractivity (Wildman–Crippen MR) is 66.4 cm³/mol. The van der Waals surface area contributed by atoms with Crippen LogP contribution < -0.4 is 5.32 Å². The van der Waals surface area contributed by atoms with E-state index >= 15 is 0 Å². The molecular formula is C13H26N2O. The molecule has 1 N–H and O–H groups in total. The molecule has 2 rings (SSSR count). The van der Waals surface area contributed by atoms with Crippen molar-refractivity contribution < 1.29 is 4.74 Å². The molecule has 0 bridgehead atoms. The van der Waals surface area contributed by atoms with Crippen molar-refractivity contribution in [1.82, 2.24) is 10.2 Å². The molecule has 2 atom stereocenters. The third-order valence-corrected chi connectivity index (χ3v) is 4.39. The third-order valence-electron chi connectivity index (χ3n) is 4.39. The first-order valence-electron chi connectivity index (χ1n) is 6.55. The monoisotopic (exact) mass is 226 g/mol. The van der Waals surface area contributed by atoms with Crippen LogP contribution in [-0.4, -0.2) is 43.4 Å². The summed E-state index contributed by atoms with van der Waals surface area (Å²) >= 11 is 0. The molecule has 0 aliphatic carbocycles. The van der Waals surface area contributed by atoms with Gasteiger partial charge in [-0.25, -0.2) is 0 Å². The lowest BCUT2D eigenvalue weighted by Gasteiger charge is -2.48. The quantitative estimate of drug-likeness (QED) is 0.682. The molecular weight excluding hydrogens is 200 g/mol. The smallest absolute Gasteiger partial charge is 0.120 e. The van der Waals surface area contributed by atoms with Gasteiger partial charge in [-0.1, -0.05) is 13.8 Å². The van der Waals surface area contributed by atoms with Crippen LogP contribution in [0.3, 0.4) is 0 Å². The summed E-state index contributed by atoms with van der Waals surface area (Å²) in [5.41, 5.74) is 0.211. The lowest BCUT2D eigenvalue weighted by atomic mass is 9.83. The lowest BCUT2D eigenvalue weighted by Crippen LogP contribution is -2.61. The molecule has 0 aromatic rings. The van der Waals surface area contributed by atoms with E-state index in [0.29, 0.717) is 6.10 Å². The lowest BCUT2D eigenvalue weighted by molar-refractivity contribution is -0.186. The zero-order chi connectivity index (χ0) is 11.8. The van der Waals surface area contributed by atoms with Gasteiger partial charge in [0.2, 0.25) is 0 Å². The van der Waals surface area contributed by atoms with Crippen molar-refractivity contribution in [3.63, 3.8) is 0 Å². The minimum absolute atomic E-state index is 0.0420. The van der Waals surface area contributed by atoms with Crippen molar-refractivity contribution in [2.24, 2.45) is 5.41 Å². The van der Waals surface area contributed by atoms with Crippen LogP contribution in [0, 0.1) is 5.41 Å². The molecule has 1 spiro atoms. The van der Waals surface area contributed by atoms with Crippen molar-refractivity contribution in [2.75, 3.05) is 26.7 Å². The van der Waals surface area contributed by atoms with Gasteiger partial charge >= 0.3 is 0 Å². The SMILES string of the molecule is CC1OC2(CCCN(C)CC2)NCC1(C)C. The van der Waals surface area contributed by atoms with Crippen molar-refractivity contribution in [3.8, 4) is 0 Å². The summed E-state index contributed by atoms with van der Waals surface area (Å²) in [4.78, 5) is 2.41. The van der Waals surface area contributed by atoms with Gasteiger partial charge in [-0.2, -0.15) is 0 Å². The highest BCUT2D eigenvalue weighted by atomic mass is 16.5. The van der Waals surface area contributed by atoms with Crippen molar-refractivity contribution >= 4 is 0 Å². The molecule has 3 heteroatoms. The Hall–Kier alpha value is -0.120. The Kier molecular flexibility index (Phi) is 3.30. The first kappa shape index (κ1) is 12.3. The van der Waals surface area contributed by atoms with E-state index in [0.717, 1.165) is 25.9 Å². The Morgan fingerprint density at radius 2 is 2.00 bits per heavy atom. The van der Waals surface area contributed by atoms with Gasteiger partial charge in [-0.15, -0.1) is 0 Å². The van der Waals surface area contributed by atoms with Crippen LogP contribution in [0.25, 0.3) is 0 Å². The number of hydrogen-bond donors (Lipinski definition) is 1. The molecule has 2 aliphatic heterocycles. The number of nitrogens with zero attached hydrogens (tertiary/aromatic N) is 1. The van der Waals surface area contributed by atoms with E-state index in [-0.39, 0.29) is 11.1 Å². The highest BCUT2D eigenvalue weighted by Crippen LogP contribution is 2.35. The van der Waals surface area contributed by atoms with Gasteiger partial charge in [-0.3, -0.25) is 5.32 Å². The zero-order valence-electron chi connectivity index (χ0n) is 11.2. The second-order valence-electron chi connectivity index (χ2n) is 6.25. The van der Waals surface area contributed by atoms with Crippen LogP contribution in [0.15, 0.2) is 0 Å². The molecule has 2 saturated heterocycles. The summed E-state index contributed by atoms with van der Waals surface area (Å²) in [5, 5.41) is 3.67. The molecule has 2 unspecified atom stereocenters. The summed E-state index contributed by atoms with van der Waals surface area (Å²) in [6, 6.07) is 0. The molecule has 2 heterocycles. The van der Waals surface area contributed by atoms with Crippen LogP contribution in [0.5, 0.6) is 0 Å². The standard InChI is InChI=1S/C13H26N2O/c1-11-12(2,3)10-14-13(16-11)6-5-8-15(4)9-7-13/h11,14H,5-10H2,1-4H3. The molecule has 3 nitrogen and oxygen atoms in total. The Balaban J connectivity index is 2.04. The fourth-order valence-electron chi connectivity index (χ4n) is 2.61. The highest BCUT2D eigenvalue weighted by molar-refractivity contribution is 4.93. The van der Waals surface area contributed by atoms with Gasteiger partial charge in [0, 0.05) is 24.9 Å². The van der Waals surface area contributed by atoms with Gasteiger partial charge in [-0.05, 0) is 33.4 Å². The van der Waals surface area contributed by atoms with E-state index in [4.69, 9.17) is 4.74 Å². The van der Waals surface area contributed by atoms with Crippen LogP contribution in [0.1, 0.15) is 40.0 Å². The van der Waals surface area contributed by atoms with Crippen molar-refractivity contribution in [2.45, 2.75) is 51.9 Å². The third kappa shape index (κ3) is 2.41. The molecule has 0 aromatic heterocycles. The first-order valence-corrected chi connectivity index (χ1v) is 6.55. The second-order valence-corrected chi connectivity index (χ2v) is 6.25. The molecule has 0 amide bonds. The summed E-state index contributed by atoms with van der Waals surface area (Å²) in [6.45, 7) is 10.2. The minimum Gasteiger partial charge on any atom is -0.357 e. The average Bonchev–Trinajstić information content (AvgIpc) is 2.38. The Bertz CT molecular complexity index is 254. The first-order chi connectivity index (χ1) is 7.44. The zero-order valence-corrected chi connectivity index (χ0v) is 11.2. The van der Waals surface area contributed by atoms with E-state index < -0.39 is 0 Å². The minimum atomic E-state index is -0.0420. The summed E-state index contributed by atoms with van der Waals surface area (Å²) in [6.07, 6.45) is 3.84. The number of nitrogens with one attached hydrogen (secondary N) is 1. The molecule has 2 fully saturated rings. The summed E-state index contributed by atoms with van der Waals surface area (Å²) in [5.74, 6) is 0. The predicted octanol–water partition coefficient (Wildman–Crippen LogP) is 1.83. The fraction of sp³-hybridized carbons (Fsp3) is 1.00. The number of likely N-dealkylation sites (tertiary alicyclic amines) is 1. The maximum Gasteiger partial charge on any atom is 0.120 e. The number of hydrogen-bond acceptors (Lipinski definition) is 3. The topological polar surface area (TPSA) is 24.5 Å². The second kappa shape index (κ2) is 4.28. The van der Waals surface area contributed by atoms with Gasteiger partial charge in [0.05, 0.1) is 6.10 Å². The van der Waals surface area contributed by atoms with Gasteiger partial charge in [0.1, 0.15) is 5.72 Å². The Labute approximate surface area is 99.5 Å². The Morgan fingerprint density at radius 1 is 1.25 bits per heavy atom. The highest BCUT2D eigenvalue weighted by Gasteiger charge is 2.43. The van der Waals surface area contributed by atoms with E-state index in [1.807, 2.05) is 0 Å². The maximum atomic E-state index is 6.32. The molecule has 0 radical (unpaired) electrons. The van der Waals surface area contributed by atoms with Crippen molar-refractivity contribution in [3.05, 3.63) is 0 Å². The molecule has 94 valence electrons. The van der Waals surface area contributed by atoms with Crippen LogP contribution in [0.4, 0.5) is 0 Å². The van der Waals surface area contributed by atoms with Crippen LogP contribution in [0.2, 0.25) is 0 Å².